The first-order valence-corrected chi connectivity index (χ1v) is 8.60. The van der Waals surface area contributed by atoms with Gasteiger partial charge < -0.3 is 9.84 Å². The van der Waals surface area contributed by atoms with Gasteiger partial charge in [0.05, 0.1) is 19.3 Å². The van der Waals surface area contributed by atoms with Crippen LogP contribution in [0.15, 0.2) is 24.3 Å². The molecule has 0 bridgehead atoms. The highest BCUT2D eigenvalue weighted by Gasteiger charge is 2.46. The number of aliphatic hydroxyl groups excluding tert-OH is 1. The Bertz CT molecular complexity index is 537. The summed E-state index contributed by atoms with van der Waals surface area (Å²) in [6, 6.07) is 8.24. The minimum absolute atomic E-state index is 0.172. The van der Waals surface area contributed by atoms with Gasteiger partial charge in [-0.15, -0.1) is 0 Å². The molecule has 0 aliphatic carbocycles. The molecule has 2 aliphatic rings. The second-order valence-corrected chi connectivity index (χ2v) is 8.27. The van der Waals surface area contributed by atoms with E-state index in [0.29, 0.717) is 19.1 Å². The van der Waals surface area contributed by atoms with Gasteiger partial charge in [0.15, 0.2) is 0 Å². The molecule has 3 rings (SSSR count). The van der Waals surface area contributed by atoms with Gasteiger partial charge in [-0.1, -0.05) is 18.2 Å². The van der Waals surface area contributed by atoms with Gasteiger partial charge in [0.2, 0.25) is 0 Å². The van der Waals surface area contributed by atoms with Crippen molar-refractivity contribution in [2.45, 2.75) is 64.1 Å². The summed E-state index contributed by atoms with van der Waals surface area (Å²) in [5.74, 6) is 1.37. The Hall–Kier alpha value is -1.10. The van der Waals surface area contributed by atoms with Crippen LogP contribution in [0.1, 0.15) is 46.1 Å². The summed E-state index contributed by atoms with van der Waals surface area (Å²) >= 11 is 0. The topological polar surface area (TPSA) is 41.9 Å². The average Bonchev–Trinajstić information content (AvgIpc) is 2.44. The fourth-order valence-corrected chi connectivity index (χ4v) is 4.24. The van der Waals surface area contributed by atoms with E-state index < -0.39 is 0 Å². The van der Waals surface area contributed by atoms with Crippen LogP contribution in [0, 0.1) is 5.92 Å². The van der Waals surface area contributed by atoms with Crippen LogP contribution in [0.5, 0.6) is 5.75 Å². The quantitative estimate of drug-likeness (QED) is 0.929. The van der Waals surface area contributed by atoms with E-state index in [1.165, 1.54) is 5.56 Å². The zero-order valence-corrected chi connectivity index (χ0v) is 14.7. The number of aliphatic hydroxyl groups is 1. The first-order chi connectivity index (χ1) is 10.8. The number of benzene rings is 1. The Morgan fingerprint density at radius 1 is 1.17 bits per heavy atom. The normalized spacial score (nSPS) is 27.3. The molecule has 0 spiro atoms. The summed E-state index contributed by atoms with van der Waals surface area (Å²) in [4.78, 5) is 6.26. The van der Waals surface area contributed by atoms with Gasteiger partial charge in [-0.2, -0.15) is 5.06 Å². The van der Waals surface area contributed by atoms with E-state index >= 15 is 0 Å². The molecule has 1 aromatic rings. The molecule has 1 atom stereocenters. The van der Waals surface area contributed by atoms with Crippen molar-refractivity contribution in [3.63, 3.8) is 0 Å². The van der Waals surface area contributed by atoms with Crippen molar-refractivity contribution < 1.29 is 14.7 Å². The van der Waals surface area contributed by atoms with Crippen molar-refractivity contribution in [2.24, 2.45) is 5.92 Å². The van der Waals surface area contributed by atoms with Crippen LogP contribution in [-0.2, 0) is 11.3 Å². The van der Waals surface area contributed by atoms with E-state index in [1.807, 2.05) is 12.1 Å². The zero-order chi connectivity index (χ0) is 16.7. The fourth-order valence-electron chi connectivity index (χ4n) is 4.24. The third-order valence-corrected chi connectivity index (χ3v) is 4.96. The van der Waals surface area contributed by atoms with E-state index in [1.54, 1.807) is 0 Å². The van der Waals surface area contributed by atoms with Crippen LogP contribution in [0.4, 0.5) is 0 Å². The average molecular weight is 319 g/mol. The molecule has 2 aliphatic heterocycles. The molecule has 1 aromatic carbocycles. The van der Waals surface area contributed by atoms with Crippen LogP contribution in [0.3, 0.4) is 0 Å². The van der Waals surface area contributed by atoms with Crippen molar-refractivity contribution in [2.75, 3.05) is 13.2 Å². The molecular weight excluding hydrogens is 290 g/mol. The van der Waals surface area contributed by atoms with Gasteiger partial charge in [0.25, 0.3) is 0 Å². The van der Waals surface area contributed by atoms with Crippen molar-refractivity contribution in [3.05, 3.63) is 29.8 Å². The first kappa shape index (κ1) is 16.7. The van der Waals surface area contributed by atoms with Crippen LogP contribution in [0.2, 0.25) is 0 Å². The van der Waals surface area contributed by atoms with E-state index in [2.05, 4.69) is 44.9 Å². The molecule has 0 radical (unpaired) electrons. The summed E-state index contributed by atoms with van der Waals surface area (Å²) < 4.78 is 5.86. The lowest BCUT2D eigenvalue weighted by molar-refractivity contribution is -0.297. The van der Waals surface area contributed by atoms with Crippen molar-refractivity contribution in [3.8, 4) is 5.75 Å². The second kappa shape index (κ2) is 6.08. The molecular formula is C19H29NO3. The highest BCUT2D eigenvalue weighted by molar-refractivity contribution is 5.35. The molecule has 4 nitrogen and oxygen atoms in total. The molecule has 2 heterocycles. The Kier molecular flexibility index (Phi) is 4.43. The van der Waals surface area contributed by atoms with Crippen molar-refractivity contribution in [1.82, 2.24) is 5.06 Å². The number of ether oxygens (including phenoxy) is 1. The number of hydrogen-bond donors (Lipinski definition) is 1. The largest absolute Gasteiger partial charge is 0.493 e. The van der Waals surface area contributed by atoms with Gasteiger partial charge in [-0.3, -0.25) is 4.84 Å². The molecule has 1 N–H and O–H groups in total. The summed E-state index contributed by atoms with van der Waals surface area (Å²) in [6.45, 7) is 9.92. The van der Waals surface area contributed by atoms with E-state index in [9.17, 15) is 5.11 Å². The van der Waals surface area contributed by atoms with Crippen LogP contribution in [0.25, 0.3) is 0 Å². The smallest absolute Gasteiger partial charge is 0.122 e. The number of piperidine rings is 1. The molecule has 4 heteroatoms. The minimum Gasteiger partial charge on any atom is -0.493 e. The van der Waals surface area contributed by atoms with Gasteiger partial charge in [-0.05, 0) is 58.6 Å². The predicted octanol–water partition coefficient (Wildman–Crippen LogP) is 3.18. The van der Waals surface area contributed by atoms with Crippen LogP contribution < -0.4 is 4.74 Å². The molecule has 128 valence electrons. The van der Waals surface area contributed by atoms with Crippen LogP contribution in [-0.4, -0.2) is 40.6 Å². The zero-order valence-electron chi connectivity index (χ0n) is 14.7. The number of hydrogen-bond acceptors (Lipinski definition) is 4. The number of rotatable bonds is 3. The highest BCUT2D eigenvalue weighted by Crippen LogP contribution is 2.39. The highest BCUT2D eigenvalue weighted by atomic mass is 16.7. The fraction of sp³-hybridized carbons (Fsp3) is 0.684. The molecule has 0 amide bonds. The lowest BCUT2D eigenvalue weighted by Crippen LogP contribution is -2.61. The Morgan fingerprint density at radius 3 is 2.52 bits per heavy atom. The predicted molar refractivity (Wildman–Crippen MR) is 90.3 cm³/mol. The van der Waals surface area contributed by atoms with Crippen LogP contribution >= 0.6 is 0 Å². The number of hydroxylamine groups is 2. The Balaban J connectivity index is 1.64. The summed E-state index contributed by atoms with van der Waals surface area (Å²) in [7, 11) is 0. The molecule has 23 heavy (non-hydrogen) atoms. The summed E-state index contributed by atoms with van der Waals surface area (Å²) in [5.41, 5.74) is 0.920. The lowest BCUT2D eigenvalue weighted by Gasteiger charge is -2.53. The van der Waals surface area contributed by atoms with Gasteiger partial charge in [0.1, 0.15) is 5.75 Å². The molecule has 1 saturated heterocycles. The number of fused-ring (bicyclic) bond motifs is 1. The van der Waals surface area contributed by atoms with Gasteiger partial charge in [0, 0.05) is 17.0 Å². The SMILES string of the molecule is CC1(C)CC(O)CC(C)(C)N1OCC1COc2ccccc2C1. The number of nitrogens with zero attached hydrogens (tertiary/aromatic N) is 1. The third-order valence-electron chi connectivity index (χ3n) is 4.96. The maximum atomic E-state index is 10.1. The van der Waals surface area contributed by atoms with E-state index in [4.69, 9.17) is 9.57 Å². The second-order valence-electron chi connectivity index (χ2n) is 8.27. The third kappa shape index (κ3) is 3.54. The standard InChI is InChI=1S/C19H29NO3/c1-18(2)10-16(21)11-19(3,4)20(18)23-13-14-9-15-7-5-6-8-17(15)22-12-14/h5-8,14,16,21H,9-13H2,1-4H3. The Morgan fingerprint density at radius 2 is 1.83 bits per heavy atom. The molecule has 1 fully saturated rings. The van der Waals surface area contributed by atoms with E-state index in [0.717, 1.165) is 25.0 Å². The first-order valence-electron chi connectivity index (χ1n) is 8.60. The molecule has 0 saturated carbocycles. The summed E-state index contributed by atoms with van der Waals surface area (Å²) in [5, 5.41) is 12.2. The molecule has 0 aromatic heterocycles. The summed E-state index contributed by atoms with van der Waals surface area (Å²) in [6.07, 6.45) is 2.21. The van der Waals surface area contributed by atoms with Crippen molar-refractivity contribution in [1.29, 1.82) is 0 Å². The Labute approximate surface area is 139 Å². The minimum atomic E-state index is -0.259. The van der Waals surface area contributed by atoms with E-state index in [-0.39, 0.29) is 17.2 Å². The monoisotopic (exact) mass is 319 g/mol. The van der Waals surface area contributed by atoms with Gasteiger partial charge >= 0.3 is 0 Å². The van der Waals surface area contributed by atoms with Gasteiger partial charge in [-0.25, -0.2) is 0 Å². The number of para-hydroxylation sites is 1. The maximum Gasteiger partial charge on any atom is 0.122 e. The lowest BCUT2D eigenvalue weighted by atomic mass is 9.80. The maximum absolute atomic E-state index is 10.1. The molecule has 1 unspecified atom stereocenters. The van der Waals surface area contributed by atoms with Crippen molar-refractivity contribution >= 4 is 0 Å².